The first-order valence-electron chi connectivity index (χ1n) is 9.71. The smallest absolute Gasteiger partial charge is 0.243 e. The molecule has 0 saturated carbocycles. The summed E-state index contributed by atoms with van der Waals surface area (Å²) in [7, 11) is -3.37. The lowest BCUT2D eigenvalue weighted by Gasteiger charge is -2.26. The van der Waals surface area contributed by atoms with E-state index < -0.39 is 10.0 Å². The molecule has 1 N–H and O–H groups in total. The van der Waals surface area contributed by atoms with Crippen molar-refractivity contribution in [1.29, 1.82) is 0 Å². The van der Waals surface area contributed by atoms with Gasteiger partial charge >= 0.3 is 0 Å². The average molecular weight is 396 g/mol. The number of hydrogen-bond donors (Lipinski definition) is 1. The lowest BCUT2D eigenvalue weighted by molar-refractivity contribution is -0.121. The molecule has 0 aromatic heterocycles. The van der Waals surface area contributed by atoms with E-state index in [4.69, 9.17) is 4.74 Å². The second-order valence-electron chi connectivity index (χ2n) is 7.06. The lowest BCUT2D eigenvalue weighted by Crippen LogP contribution is -2.41. The van der Waals surface area contributed by atoms with Crippen molar-refractivity contribution < 1.29 is 17.9 Å². The van der Waals surface area contributed by atoms with Crippen LogP contribution in [0.15, 0.2) is 29.2 Å². The summed E-state index contributed by atoms with van der Waals surface area (Å²) in [5, 5.41) is 2.95. The minimum absolute atomic E-state index is 0.0250. The Bertz CT molecular complexity index is 709. The highest BCUT2D eigenvalue weighted by molar-refractivity contribution is 7.89. The zero-order chi connectivity index (χ0) is 19.1. The van der Waals surface area contributed by atoms with E-state index in [0.717, 1.165) is 51.3 Å². The van der Waals surface area contributed by atoms with Crippen LogP contribution >= 0.6 is 0 Å². The highest BCUT2D eigenvalue weighted by Crippen LogP contribution is 2.21. The maximum atomic E-state index is 12.5. The quantitative estimate of drug-likeness (QED) is 0.706. The van der Waals surface area contributed by atoms with Gasteiger partial charge in [0.05, 0.1) is 18.1 Å². The molecular formula is C19H29N3O4S. The van der Waals surface area contributed by atoms with E-state index in [1.165, 1.54) is 0 Å². The minimum atomic E-state index is -3.37. The number of amides is 1. The minimum Gasteiger partial charge on any atom is -0.379 e. The van der Waals surface area contributed by atoms with E-state index in [0.29, 0.717) is 37.4 Å². The molecular weight excluding hydrogens is 366 g/mol. The van der Waals surface area contributed by atoms with Gasteiger partial charge in [0.2, 0.25) is 15.9 Å². The summed E-state index contributed by atoms with van der Waals surface area (Å²) in [5.74, 6) is 0.0250. The summed E-state index contributed by atoms with van der Waals surface area (Å²) < 4.78 is 31.9. The molecule has 0 atom stereocenters. The van der Waals surface area contributed by atoms with E-state index in [-0.39, 0.29) is 5.91 Å². The monoisotopic (exact) mass is 395 g/mol. The van der Waals surface area contributed by atoms with Crippen LogP contribution in [0.3, 0.4) is 0 Å². The largest absolute Gasteiger partial charge is 0.379 e. The molecule has 1 amide bonds. The number of nitrogens with one attached hydrogen (secondary N) is 1. The molecule has 0 bridgehead atoms. The number of ether oxygens (including phenoxy) is 1. The van der Waals surface area contributed by atoms with Crippen LogP contribution in [0.25, 0.3) is 0 Å². The fraction of sp³-hybridized carbons (Fsp3) is 0.632. The molecule has 2 saturated heterocycles. The van der Waals surface area contributed by atoms with Crippen LogP contribution in [-0.4, -0.2) is 76.0 Å². The van der Waals surface area contributed by atoms with Crippen molar-refractivity contribution in [1.82, 2.24) is 14.5 Å². The number of morpholine rings is 1. The zero-order valence-corrected chi connectivity index (χ0v) is 16.5. The molecule has 2 fully saturated rings. The molecule has 0 aliphatic carbocycles. The SMILES string of the molecule is O=C(CCc1ccc(S(=O)(=O)N2CCCC2)cc1)NCCN1CCOCC1. The average Bonchev–Trinajstić information content (AvgIpc) is 3.23. The standard InChI is InChI=1S/C19H29N3O4S/c23-19(20-9-12-21-13-15-26-16-14-21)8-5-17-3-6-18(7-4-17)27(24,25)22-10-1-2-11-22/h3-4,6-7H,1-2,5,8-16H2,(H,20,23). The highest BCUT2D eigenvalue weighted by Gasteiger charge is 2.26. The van der Waals surface area contributed by atoms with Crippen LogP contribution in [0.1, 0.15) is 24.8 Å². The van der Waals surface area contributed by atoms with Crippen molar-refractivity contribution in [2.45, 2.75) is 30.6 Å². The number of aryl methyl sites for hydroxylation is 1. The van der Waals surface area contributed by atoms with Gasteiger partial charge in [-0.3, -0.25) is 9.69 Å². The maximum Gasteiger partial charge on any atom is 0.243 e. The number of carbonyl (C=O) groups is 1. The van der Waals surface area contributed by atoms with Crippen LogP contribution in [0, 0.1) is 0 Å². The van der Waals surface area contributed by atoms with Crippen molar-refractivity contribution >= 4 is 15.9 Å². The van der Waals surface area contributed by atoms with E-state index in [1.54, 1.807) is 16.4 Å². The van der Waals surface area contributed by atoms with Crippen molar-refractivity contribution in [3.8, 4) is 0 Å². The molecule has 2 heterocycles. The number of hydrogen-bond acceptors (Lipinski definition) is 5. The number of rotatable bonds is 8. The van der Waals surface area contributed by atoms with Crippen molar-refractivity contribution in [2.75, 3.05) is 52.5 Å². The topological polar surface area (TPSA) is 79.0 Å². The molecule has 0 spiro atoms. The van der Waals surface area contributed by atoms with E-state index >= 15 is 0 Å². The van der Waals surface area contributed by atoms with Crippen LogP contribution in [0.4, 0.5) is 0 Å². The van der Waals surface area contributed by atoms with Gasteiger partial charge in [-0.1, -0.05) is 12.1 Å². The Hall–Kier alpha value is -1.48. The fourth-order valence-electron chi connectivity index (χ4n) is 3.43. The van der Waals surface area contributed by atoms with Crippen LogP contribution < -0.4 is 5.32 Å². The summed E-state index contributed by atoms with van der Waals surface area (Å²) in [4.78, 5) is 14.6. The van der Waals surface area contributed by atoms with Gasteiger partial charge in [-0.2, -0.15) is 4.31 Å². The summed E-state index contributed by atoms with van der Waals surface area (Å²) in [5.41, 5.74) is 0.971. The molecule has 2 aliphatic heterocycles. The molecule has 7 nitrogen and oxygen atoms in total. The van der Waals surface area contributed by atoms with Crippen LogP contribution in [0.2, 0.25) is 0 Å². The first kappa shape index (κ1) is 20.3. The molecule has 1 aromatic carbocycles. The van der Waals surface area contributed by atoms with E-state index in [2.05, 4.69) is 10.2 Å². The van der Waals surface area contributed by atoms with Gasteiger partial charge < -0.3 is 10.1 Å². The molecule has 27 heavy (non-hydrogen) atoms. The predicted octanol–water partition coefficient (Wildman–Crippen LogP) is 0.852. The third kappa shape index (κ3) is 5.75. The molecule has 3 rings (SSSR count). The second kappa shape index (κ2) is 9.64. The first-order chi connectivity index (χ1) is 13.1. The zero-order valence-electron chi connectivity index (χ0n) is 15.7. The van der Waals surface area contributed by atoms with Gasteiger partial charge in [-0.15, -0.1) is 0 Å². The molecule has 2 aliphatic rings. The van der Waals surface area contributed by atoms with Gasteiger partial charge in [-0.05, 0) is 37.0 Å². The molecule has 150 valence electrons. The fourth-order valence-corrected chi connectivity index (χ4v) is 4.95. The van der Waals surface area contributed by atoms with Gasteiger partial charge in [0.15, 0.2) is 0 Å². The van der Waals surface area contributed by atoms with Crippen LogP contribution in [0.5, 0.6) is 0 Å². The summed E-state index contributed by atoms with van der Waals surface area (Å²) in [6.45, 7) is 6.06. The van der Waals surface area contributed by atoms with E-state index in [9.17, 15) is 13.2 Å². The Kier molecular flexibility index (Phi) is 7.23. The summed E-state index contributed by atoms with van der Waals surface area (Å²) in [6, 6.07) is 6.92. The normalized spacial score (nSPS) is 19.3. The van der Waals surface area contributed by atoms with E-state index in [1.807, 2.05) is 12.1 Å². The Morgan fingerprint density at radius 3 is 2.37 bits per heavy atom. The molecule has 8 heteroatoms. The van der Waals surface area contributed by atoms with Crippen molar-refractivity contribution in [3.05, 3.63) is 29.8 Å². The van der Waals surface area contributed by atoms with Gasteiger partial charge in [0.1, 0.15) is 0 Å². The summed E-state index contributed by atoms with van der Waals surface area (Å²) >= 11 is 0. The van der Waals surface area contributed by atoms with Crippen LogP contribution in [-0.2, 0) is 26.0 Å². The number of carbonyl (C=O) groups excluding carboxylic acids is 1. The maximum absolute atomic E-state index is 12.5. The first-order valence-corrected chi connectivity index (χ1v) is 11.2. The third-order valence-electron chi connectivity index (χ3n) is 5.12. The lowest BCUT2D eigenvalue weighted by atomic mass is 10.1. The Labute approximate surface area is 161 Å². The Balaban J connectivity index is 1.41. The highest BCUT2D eigenvalue weighted by atomic mass is 32.2. The molecule has 0 unspecified atom stereocenters. The second-order valence-corrected chi connectivity index (χ2v) is 9.00. The number of benzene rings is 1. The van der Waals surface area contributed by atoms with Crippen molar-refractivity contribution in [2.24, 2.45) is 0 Å². The van der Waals surface area contributed by atoms with Gasteiger partial charge in [0.25, 0.3) is 0 Å². The Morgan fingerprint density at radius 2 is 1.70 bits per heavy atom. The molecule has 0 radical (unpaired) electrons. The van der Waals surface area contributed by atoms with Gasteiger partial charge in [0, 0.05) is 45.7 Å². The third-order valence-corrected chi connectivity index (χ3v) is 7.03. The molecule has 1 aromatic rings. The van der Waals surface area contributed by atoms with Gasteiger partial charge in [-0.25, -0.2) is 8.42 Å². The Morgan fingerprint density at radius 1 is 1.04 bits per heavy atom. The number of sulfonamides is 1. The number of nitrogens with zero attached hydrogens (tertiary/aromatic N) is 2. The van der Waals surface area contributed by atoms with Crippen molar-refractivity contribution in [3.63, 3.8) is 0 Å². The predicted molar refractivity (Wildman–Crippen MR) is 103 cm³/mol. The summed E-state index contributed by atoms with van der Waals surface area (Å²) in [6.07, 6.45) is 2.87.